The molecule has 1 rings (SSSR count). The highest BCUT2D eigenvalue weighted by Crippen LogP contribution is 2.21. The lowest BCUT2D eigenvalue weighted by atomic mass is 9.80. The van der Waals surface area contributed by atoms with Crippen molar-refractivity contribution in [1.82, 2.24) is 4.72 Å². The molecule has 0 aromatic heterocycles. The number of nitrogens with one attached hydrogen (secondary N) is 1. The van der Waals surface area contributed by atoms with E-state index in [1.165, 1.54) is 25.3 Å². The minimum Gasteiger partial charge on any atom is -0.495 e. The van der Waals surface area contributed by atoms with Crippen LogP contribution in [0.15, 0.2) is 23.1 Å². The molecule has 0 heterocycles. The number of sulfonamides is 1. The monoisotopic (exact) mass is 259 g/mol. The quantitative estimate of drug-likeness (QED) is 0.569. The van der Waals surface area contributed by atoms with Gasteiger partial charge < -0.3 is 14.8 Å². The van der Waals surface area contributed by atoms with Gasteiger partial charge in [-0.2, -0.15) is 0 Å². The molecule has 17 heavy (non-hydrogen) atoms. The maximum absolute atomic E-state index is 11.8. The molecule has 0 spiro atoms. The molecule has 1 aromatic rings. The molecule has 94 valence electrons. The first-order chi connectivity index (χ1) is 7.92. The summed E-state index contributed by atoms with van der Waals surface area (Å²) in [6, 6.07) is 3.93. The van der Waals surface area contributed by atoms with Crippen molar-refractivity contribution in [1.29, 1.82) is 0 Å². The Morgan fingerprint density at radius 2 is 2.06 bits per heavy atom. The predicted molar refractivity (Wildman–Crippen MR) is 63.7 cm³/mol. The molecular formula is C9H14BNO5S. The molecule has 0 aliphatic heterocycles. The minimum atomic E-state index is -3.71. The van der Waals surface area contributed by atoms with Gasteiger partial charge in [0.25, 0.3) is 0 Å². The molecule has 0 bridgehead atoms. The second-order valence-electron chi connectivity index (χ2n) is 3.29. The molecule has 0 amide bonds. The summed E-state index contributed by atoms with van der Waals surface area (Å²) in [5.41, 5.74) is 0.0854. The molecule has 0 aliphatic rings. The normalized spacial score (nSPS) is 11.3. The fourth-order valence-electron chi connectivity index (χ4n) is 1.33. The van der Waals surface area contributed by atoms with Gasteiger partial charge in [0.2, 0.25) is 10.0 Å². The summed E-state index contributed by atoms with van der Waals surface area (Å²) in [5.74, 6) is 0.148. The van der Waals surface area contributed by atoms with Crippen LogP contribution < -0.4 is 14.9 Å². The average molecular weight is 259 g/mol. The Balaban J connectivity index is 3.33. The zero-order valence-corrected chi connectivity index (χ0v) is 10.4. The smallest absolute Gasteiger partial charge is 0.488 e. The van der Waals surface area contributed by atoms with Gasteiger partial charge >= 0.3 is 7.12 Å². The van der Waals surface area contributed by atoms with Gasteiger partial charge in [-0.1, -0.05) is 13.0 Å². The van der Waals surface area contributed by atoms with E-state index in [1.807, 2.05) is 0 Å². The van der Waals surface area contributed by atoms with Crippen LogP contribution in [0.3, 0.4) is 0 Å². The zero-order valence-electron chi connectivity index (χ0n) is 9.54. The first-order valence-corrected chi connectivity index (χ1v) is 6.44. The van der Waals surface area contributed by atoms with Gasteiger partial charge in [-0.05, 0) is 17.6 Å². The van der Waals surface area contributed by atoms with E-state index < -0.39 is 17.1 Å². The highest BCUT2D eigenvalue weighted by molar-refractivity contribution is 7.89. The highest BCUT2D eigenvalue weighted by atomic mass is 32.2. The third-order valence-corrected chi connectivity index (χ3v) is 3.68. The Labute approximate surface area is 100 Å². The number of methoxy groups -OCH3 is 1. The van der Waals surface area contributed by atoms with Crippen LogP contribution in [0, 0.1) is 0 Å². The Hall–Kier alpha value is -1.09. The summed E-state index contributed by atoms with van der Waals surface area (Å²) in [6.07, 6.45) is 0. The standard InChI is InChI=1S/C9H14BNO5S/c1-3-11-17(14,15)9-6-7(10(12)13)4-5-8(9)16-2/h4-6,11-13H,3H2,1-2H3. The summed E-state index contributed by atoms with van der Waals surface area (Å²) in [5, 5.41) is 18.0. The van der Waals surface area contributed by atoms with Gasteiger partial charge in [-0.25, -0.2) is 13.1 Å². The van der Waals surface area contributed by atoms with Crippen LogP contribution in [0.25, 0.3) is 0 Å². The summed E-state index contributed by atoms with van der Waals surface area (Å²) < 4.78 is 30.9. The van der Waals surface area contributed by atoms with E-state index in [0.29, 0.717) is 0 Å². The number of hydrogen-bond acceptors (Lipinski definition) is 5. The molecule has 0 fully saturated rings. The van der Waals surface area contributed by atoms with Gasteiger partial charge in [-0.3, -0.25) is 0 Å². The topological polar surface area (TPSA) is 95.9 Å². The molecular weight excluding hydrogens is 245 g/mol. The zero-order chi connectivity index (χ0) is 13.1. The Morgan fingerprint density at radius 1 is 1.41 bits per heavy atom. The van der Waals surface area contributed by atoms with Gasteiger partial charge in [-0.15, -0.1) is 0 Å². The molecule has 6 nitrogen and oxygen atoms in total. The van der Waals surface area contributed by atoms with E-state index in [2.05, 4.69) is 4.72 Å². The first kappa shape index (κ1) is 14.0. The molecule has 0 unspecified atom stereocenters. The van der Waals surface area contributed by atoms with E-state index in [1.54, 1.807) is 6.92 Å². The molecule has 0 saturated heterocycles. The molecule has 0 saturated carbocycles. The van der Waals surface area contributed by atoms with Gasteiger partial charge in [0.1, 0.15) is 10.6 Å². The maximum Gasteiger partial charge on any atom is 0.488 e. The van der Waals surface area contributed by atoms with Crippen molar-refractivity contribution in [3.8, 4) is 5.75 Å². The average Bonchev–Trinajstić information content (AvgIpc) is 2.28. The van der Waals surface area contributed by atoms with Crippen LogP contribution in [-0.4, -0.2) is 39.2 Å². The Kier molecular flexibility index (Phi) is 4.52. The first-order valence-electron chi connectivity index (χ1n) is 4.96. The van der Waals surface area contributed by atoms with Crippen LogP contribution in [0.5, 0.6) is 5.75 Å². The lowest BCUT2D eigenvalue weighted by Crippen LogP contribution is -2.32. The highest BCUT2D eigenvalue weighted by Gasteiger charge is 2.22. The van der Waals surface area contributed by atoms with Crippen molar-refractivity contribution in [3.63, 3.8) is 0 Å². The van der Waals surface area contributed by atoms with Crippen molar-refractivity contribution >= 4 is 22.6 Å². The molecule has 0 radical (unpaired) electrons. The number of ether oxygens (including phenoxy) is 1. The fourth-order valence-corrected chi connectivity index (χ4v) is 2.57. The second kappa shape index (κ2) is 5.50. The van der Waals surface area contributed by atoms with E-state index >= 15 is 0 Å². The summed E-state index contributed by atoms with van der Waals surface area (Å²) in [6.45, 7) is 1.88. The Morgan fingerprint density at radius 3 is 2.53 bits per heavy atom. The Bertz CT molecular complexity index is 488. The minimum absolute atomic E-state index is 0.0854. The SMILES string of the molecule is CCNS(=O)(=O)c1cc(B(O)O)ccc1OC. The largest absolute Gasteiger partial charge is 0.495 e. The van der Waals surface area contributed by atoms with E-state index in [0.717, 1.165) is 0 Å². The molecule has 8 heteroatoms. The van der Waals surface area contributed by atoms with Crippen LogP contribution in [-0.2, 0) is 10.0 Å². The van der Waals surface area contributed by atoms with Crippen LogP contribution in [0.2, 0.25) is 0 Å². The van der Waals surface area contributed by atoms with Crippen molar-refractivity contribution < 1.29 is 23.2 Å². The van der Waals surface area contributed by atoms with Gasteiger partial charge in [0.05, 0.1) is 7.11 Å². The van der Waals surface area contributed by atoms with Gasteiger partial charge in [0, 0.05) is 6.54 Å². The molecule has 0 aliphatic carbocycles. The van der Waals surface area contributed by atoms with Crippen molar-refractivity contribution in [3.05, 3.63) is 18.2 Å². The number of hydrogen-bond donors (Lipinski definition) is 3. The van der Waals surface area contributed by atoms with E-state index in [9.17, 15) is 8.42 Å². The van der Waals surface area contributed by atoms with E-state index in [-0.39, 0.29) is 22.7 Å². The lowest BCUT2D eigenvalue weighted by Gasteiger charge is -2.11. The summed E-state index contributed by atoms with van der Waals surface area (Å²) in [4.78, 5) is -0.118. The fraction of sp³-hybridized carbons (Fsp3) is 0.333. The molecule has 1 aromatic carbocycles. The van der Waals surface area contributed by atoms with E-state index in [4.69, 9.17) is 14.8 Å². The van der Waals surface area contributed by atoms with Crippen LogP contribution in [0.1, 0.15) is 6.92 Å². The summed E-state index contributed by atoms with van der Waals surface area (Å²) >= 11 is 0. The predicted octanol–water partition coefficient (Wildman–Crippen LogP) is -1.33. The van der Waals surface area contributed by atoms with Gasteiger partial charge in [0.15, 0.2) is 0 Å². The summed E-state index contributed by atoms with van der Waals surface area (Å²) in [7, 11) is -4.09. The van der Waals surface area contributed by atoms with Crippen molar-refractivity contribution in [2.75, 3.05) is 13.7 Å². The van der Waals surface area contributed by atoms with Crippen LogP contribution in [0.4, 0.5) is 0 Å². The maximum atomic E-state index is 11.8. The number of benzene rings is 1. The third kappa shape index (κ3) is 3.19. The second-order valence-corrected chi connectivity index (χ2v) is 5.02. The molecule has 0 atom stereocenters. The molecule has 3 N–H and O–H groups in total. The van der Waals surface area contributed by atoms with Crippen molar-refractivity contribution in [2.24, 2.45) is 0 Å². The number of rotatable bonds is 5. The third-order valence-electron chi connectivity index (χ3n) is 2.11. The van der Waals surface area contributed by atoms with Crippen LogP contribution >= 0.6 is 0 Å². The lowest BCUT2D eigenvalue weighted by molar-refractivity contribution is 0.402. The van der Waals surface area contributed by atoms with Crippen molar-refractivity contribution in [2.45, 2.75) is 11.8 Å².